The monoisotopic (exact) mass is 333 g/mol. The third-order valence-electron chi connectivity index (χ3n) is 3.43. The van der Waals surface area contributed by atoms with E-state index in [1.165, 1.54) is 23.5 Å². The lowest BCUT2D eigenvalue weighted by atomic mass is 10.2. The summed E-state index contributed by atoms with van der Waals surface area (Å²) >= 11 is 1.42. The highest BCUT2D eigenvalue weighted by atomic mass is 32.1. The van der Waals surface area contributed by atoms with Crippen molar-refractivity contribution in [3.05, 3.63) is 70.6 Å². The number of thiophene rings is 1. The van der Waals surface area contributed by atoms with Crippen LogP contribution in [0.1, 0.15) is 21.3 Å². The van der Waals surface area contributed by atoms with Crippen LogP contribution in [-0.4, -0.2) is 17.6 Å². The lowest BCUT2D eigenvalue weighted by Crippen LogP contribution is -2.29. The molecule has 0 aliphatic heterocycles. The van der Waals surface area contributed by atoms with Gasteiger partial charge in [0, 0.05) is 16.1 Å². The molecule has 1 amide bonds. The molecule has 3 aromatic rings. The first-order valence-corrected chi connectivity index (χ1v) is 7.76. The first-order valence-electron chi connectivity index (χ1n) is 6.95. The molecule has 6 heteroatoms. The number of fused-ring (bicyclic) bond motifs is 1. The van der Waals surface area contributed by atoms with E-state index in [9.17, 15) is 18.7 Å². The number of carbonyl (C=O) groups excluding carboxylic acids is 1. The minimum absolute atomic E-state index is 0.0817. The van der Waals surface area contributed by atoms with Crippen LogP contribution in [-0.2, 0) is 0 Å². The quantitative estimate of drug-likeness (QED) is 0.766. The molecule has 0 aliphatic rings. The van der Waals surface area contributed by atoms with Crippen LogP contribution in [0.5, 0.6) is 0 Å². The molecule has 1 unspecified atom stereocenters. The number of carbonyl (C=O) groups is 1. The minimum Gasteiger partial charge on any atom is -0.386 e. The number of aliphatic hydroxyl groups excluding tert-OH is 1. The van der Waals surface area contributed by atoms with Gasteiger partial charge in [0.15, 0.2) is 11.6 Å². The molecule has 0 fully saturated rings. The lowest BCUT2D eigenvalue weighted by Gasteiger charge is -2.10. The standard InChI is InChI=1S/C17H13F2NO2S/c18-12-6-3-5-11(16(12)19)17(22)20-9-13(21)15-8-10-4-1-2-7-14(10)23-15/h1-8,13,21H,9H2,(H,20,22). The third kappa shape index (κ3) is 3.23. The van der Waals surface area contributed by atoms with Crippen LogP contribution in [0.15, 0.2) is 48.5 Å². The van der Waals surface area contributed by atoms with E-state index in [0.29, 0.717) is 4.88 Å². The average Bonchev–Trinajstić information content (AvgIpc) is 2.99. The Bertz CT molecular complexity index is 830. The minimum atomic E-state index is -1.19. The summed E-state index contributed by atoms with van der Waals surface area (Å²) in [5.41, 5.74) is -0.381. The van der Waals surface area contributed by atoms with E-state index in [2.05, 4.69) is 5.32 Å². The molecular weight excluding hydrogens is 320 g/mol. The molecule has 0 bridgehead atoms. The Morgan fingerprint density at radius 2 is 1.96 bits per heavy atom. The predicted molar refractivity (Wildman–Crippen MR) is 85.5 cm³/mol. The van der Waals surface area contributed by atoms with Gasteiger partial charge in [-0.15, -0.1) is 11.3 Å². The number of halogens is 2. The molecule has 0 spiro atoms. The van der Waals surface area contributed by atoms with Crippen LogP contribution in [0.25, 0.3) is 10.1 Å². The molecule has 2 aromatic carbocycles. The van der Waals surface area contributed by atoms with Gasteiger partial charge in [-0.3, -0.25) is 4.79 Å². The van der Waals surface area contributed by atoms with E-state index in [1.807, 2.05) is 30.3 Å². The second-order valence-corrected chi connectivity index (χ2v) is 6.13. The van der Waals surface area contributed by atoms with Crippen molar-refractivity contribution in [2.75, 3.05) is 6.54 Å². The topological polar surface area (TPSA) is 49.3 Å². The summed E-state index contributed by atoms with van der Waals surface area (Å²) in [6, 6.07) is 12.9. The highest BCUT2D eigenvalue weighted by Crippen LogP contribution is 2.29. The van der Waals surface area contributed by atoms with Crippen molar-refractivity contribution < 1.29 is 18.7 Å². The molecular formula is C17H13F2NO2S. The van der Waals surface area contributed by atoms with Crippen molar-refractivity contribution in [3.8, 4) is 0 Å². The summed E-state index contributed by atoms with van der Waals surface area (Å²) in [5, 5.41) is 13.6. The van der Waals surface area contributed by atoms with Gasteiger partial charge >= 0.3 is 0 Å². The molecule has 0 radical (unpaired) electrons. The van der Waals surface area contributed by atoms with E-state index in [1.54, 1.807) is 0 Å². The number of hydrogen-bond acceptors (Lipinski definition) is 3. The molecule has 1 atom stereocenters. The van der Waals surface area contributed by atoms with Crippen LogP contribution in [0.2, 0.25) is 0 Å². The normalized spacial score (nSPS) is 12.3. The van der Waals surface area contributed by atoms with E-state index in [0.717, 1.165) is 16.2 Å². The van der Waals surface area contributed by atoms with Crippen LogP contribution < -0.4 is 5.32 Å². The van der Waals surface area contributed by atoms with E-state index >= 15 is 0 Å². The van der Waals surface area contributed by atoms with Gasteiger partial charge < -0.3 is 10.4 Å². The van der Waals surface area contributed by atoms with Crippen molar-refractivity contribution in [2.24, 2.45) is 0 Å². The molecule has 1 aromatic heterocycles. The van der Waals surface area contributed by atoms with Gasteiger partial charge in [-0.2, -0.15) is 0 Å². The summed E-state index contributed by atoms with van der Waals surface area (Å²) in [6.07, 6.45) is -0.909. The fourth-order valence-electron chi connectivity index (χ4n) is 2.23. The molecule has 2 N–H and O–H groups in total. The number of aliphatic hydroxyl groups is 1. The van der Waals surface area contributed by atoms with Crippen molar-refractivity contribution in [3.63, 3.8) is 0 Å². The van der Waals surface area contributed by atoms with Gasteiger partial charge in [-0.1, -0.05) is 24.3 Å². The van der Waals surface area contributed by atoms with Crippen molar-refractivity contribution in [1.29, 1.82) is 0 Å². The van der Waals surface area contributed by atoms with Crippen molar-refractivity contribution >= 4 is 27.3 Å². The molecule has 118 valence electrons. The van der Waals surface area contributed by atoms with Gasteiger partial charge in [0.05, 0.1) is 5.56 Å². The summed E-state index contributed by atoms with van der Waals surface area (Å²) in [7, 11) is 0. The maximum Gasteiger partial charge on any atom is 0.254 e. The Morgan fingerprint density at radius 3 is 2.74 bits per heavy atom. The highest BCUT2D eigenvalue weighted by molar-refractivity contribution is 7.19. The summed E-state index contributed by atoms with van der Waals surface area (Å²) in [4.78, 5) is 12.6. The smallest absolute Gasteiger partial charge is 0.254 e. The van der Waals surface area contributed by atoms with Gasteiger partial charge in [0.1, 0.15) is 6.10 Å². The maximum absolute atomic E-state index is 13.5. The Kier molecular flexibility index (Phi) is 4.36. The number of nitrogens with one attached hydrogen (secondary N) is 1. The van der Waals surface area contributed by atoms with E-state index in [4.69, 9.17) is 0 Å². The molecule has 23 heavy (non-hydrogen) atoms. The first kappa shape index (κ1) is 15.6. The van der Waals surface area contributed by atoms with Crippen LogP contribution in [0.4, 0.5) is 8.78 Å². The van der Waals surface area contributed by atoms with E-state index in [-0.39, 0.29) is 12.1 Å². The Morgan fingerprint density at radius 1 is 1.17 bits per heavy atom. The van der Waals surface area contributed by atoms with Gasteiger partial charge in [0.25, 0.3) is 5.91 Å². The van der Waals surface area contributed by atoms with Crippen LogP contribution >= 0.6 is 11.3 Å². The molecule has 1 heterocycles. The zero-order valence-corrected chi connectivity index (χ0v) is 12.7. The Hall–Kier alpha value is -2.31. The second-order valence-electron chi connectivity index (χ2n) is 5.01. The highest BCUT2D eigenvalue weighted by Gasteiger charge is 2.17. The maximum atomic E-state index is 13.5. The fourth-order valence-corrected chi connectivity index (χ4v) is 3.28. The number of hydrogen-bond donors (Lipinski definition) is 2. The SMILES string of the molecule is O=C(NCC(O)c1cc2ccccc2s1)c1cccc(F)c1F. The largest absolute Gasteiger partial charge is 0.386 e. The Balaban J connectivity index is 1.69. The van der Waals surface area contributed by atoms with Gasteiger partial charge in [-0.05, 0) is 29.7 Å². The summed E-state index contributed by atoms with van der Waals surface area (Å²) in [5.74, 6) is -3.04. The van der Waals surface area contributed by atoms with Crippen LogP contribution in [0, 0.1) is 11.6 Å². The summed E-state index contributed by atoms with van der Waals surface area (Å²) < 4.78 is 27.7. The third-order valence-corrected chi connectivity index (χ3v) is 4.64. The average molecular weight is 333 g/mol. The molecule has 0 aliphatic carbocycles. The summed E-state index contributed by atoms with van der Waals surface area (Å²) in [6.45, 7) is -0.0817. The van der Waals surface area contributed by atoms with Gasteiger partial charge in [-0.25, -0.2) is 8.78 Å². The zero-order valence-electron chi connectivity index (χ0n) is 11.9. The Labute approximate surface area is 135 Å². The molecule has 3 rings (SSSR count). The number of benzene rings is 2. The van der Waals surface area contributed by atoms with Gasteiger partial charge in [0.2, 0.25) is 0 Å². The van der Waals surface area contributed by atoms with E-state index < -0.39 is 23.6 Å². The fraction of sp³-hybridized carbons (Fsp3) is 0.118. The predicted octanol–water partition coefficient (Wildman–Crippen LogP) is 3.64. The lowest BCUT2D eigenvalue weighted by molar-refractivity contribution is 0.0913. The number of amides is 1. The first-order chi connectivity index (χ1) is 11.1. The molecule has 0 saturated carbocycles. The van der Waals surface area contributed by atoms with Crippen LogP contribution in [0.3, 0.4) is 0 Å². The second kappa shape index (κ2) is 6.44. The van der Waals surface area contributed by atoms with Crippen molar-refractivity contribution in [2.45, 2.75) is 6.10 Å². The van der Waals surface area contributed by atoms with Crippen molar-refractivity contribution in [1.82, 2.24) is 5.32 Å². The molecule has 0 saturated heterocycles. The molecule has 3 nitrogen and oxygen atoms in total. The number of rotatable bonds is 4. The zero-order chi connectivity index (χ0) is 16.4.